The summed E-state index contributed by atoms with van der Waals surface area (Å²) in [7, 11) is 0. The van der Waals surface area contributed by atoms with Crippen LogP contribution in [0.4, 0.5) is 32.0 Å². The Morgan fingerprint density at radius 3 is 2.36 bits per heavy atom. The molecule has 1 heterocycles. The summed E-state index contributed by atoms with van der Waals surface area (Å²) in [4.78, 5) is -0.860. The topological polar surface area (TPSA) is 37.8 Å². The smallest absolute Gasteiger partial charge is 0.345 e. The van der Waals surface area contributed by atoms with Crippen LogP contribution in [0.3, 0.4) is 0 Å². The van der Waals surface area contributed by atoms with Crippen LogP contribution >= 0.6 is 23.8 Å². The minimum atomic E-state index is -4.75. The molecule has 118 valence electrons. The second-order valence-electron chi connectivity index (χ2n) is 3.98. The third-order valence-electron chi connectivity index (χ3n) is 2.41. The predicted octanol–water partition coefficient (Wildman–Crippen LogP) is 4.36. The average molecular weight is 357 g/mol. The van der Waals surface area contributed by atoms with E-state index < -0.39 is 33.5 Å². The highest BCUT2D eigenvalue weighted by Gasteiger charge is 2.38. The molecule has 0 spiro atoms. The van der Waals surface area contributed by atoms with E-state index in [9.17, 15) is 26.3 Å². The first-order chi connectivity index (χ1) is 10.1. The molecule has 1 N–H and O–H groups in total. The zero-order valence-electron chi connectivity index (χ0n) is 10.3. The number of nitrogens with one attached hydrogen (secondary N) is 1. The van der Waals surface area contributed by atoms with Crippen molar-refractivity contribution in [3.63, 3.8) is 0 Å². The zero-order valence-corrected chi connectivity index (χ0v) is 11.9. The number of rotatable bonds is 2. The molecule has 3 nitrogen and oxygen atoms in total. The third-order valence-corrected chi connectivity index (χ3v) is 3.59. The van der Waals surface area contributed by atoms with Gasteiger partial charge < -0.3 is 5.32 Å². The van der Waals surface area contributed by atoms with Crippen molar-refractivity contribution in [1.82, 2.24) is 9.59 Å². The van der Waals surface area contributed by atoms with Crippen molar-refractivity contribution in [2.75, 3.05) is 5.32 Å². The number of halogens is 6. The maximum atomic E-state index is 12.7. The molecule has 1 aromatic carbocycles. The largest absolute Gasteiger partial charge is 0.436 e. The van der Waals surface area contributed by atoms with Gasteiger partial charge in [0.05, 0.1) is 5.56 Å². The van der Waals surface area contributed by atoms with Crippen LogP contribution in [0, 0.1) is 0 Å². The van der Waals surface area contributed by atoms with Gasteiger partial charge in [-0.2, -0.15) is 26.3 Å². The highest BCUT2D eigenvalue weighted by atomic mass is 32.1. The lowest BCUT2D eigenvalue weighted by atomic mass is 10.2. The van der Waals surface area contributed by atoms with Crippen molar-refractivity contribution in [1.29, 1.82) is 0 Å². The Balaban J connectivity index is 2.25. The predicted molar refractivity (Wildman–Crippen MR) is 71.7 cm³/mol. The number of aromatic nitrogens is 2. The van der Waals surface area contributed by atoms with E-state index in [1.807, 2.05) is 0 Å². The van der Waals surface area contributed by atoms with Crippen LogP contribution in [0.1, 0.15) is 16.1 Å². The number of benzene rings is 1. The lowest BCUT2D eigenvalue weighted by Crippen LogP contribution is -2.16. The highest BCUT2D eigenvalue weighted by Crippen LogP contribution is 2.33. The Kier molecular flexibility index (Phi) is 4.38. The third kappa shape index (κ3) is 3.71. The fourth-order valence-corrected chi connectivity index (χ4v) is 2.39. The summed E-state index contributed by atoms with van der Waals surface area (Å²) in [6, 6.07) is 3.95. The van der Waals surface area contributed by atoms with E-state index in [-0.39, 0.29) is 5.69 Å². The molecule has 22 heavy (non-hydrogen) atoms. The van der Waals surface area contributed by atoms with E-state index >= 15 is 0 Å². The van der Waals surface area contributed by atoms with Gasteiger partial charge in [-0.15, -0.1) is 5.10 Å². The van der Waals surface area contributed by atoms with Crippen LogP contribution in [0.25, 0.3) is 0 Å². The maximum Gasteiger partial charge on any atom is 0.436 e. The van der Waals surface area contributed by atoms with Crippen LogP contribution in [-0.2, 0) is 12.4 Å². The molecule has 0 atom stereocenters. The SMILES string of the molecule is FC(F)(F)c1cccc(NC(=S)c2snnc2C(F)(F)F)c1. The molecule has 0 aliphatic heterocycles. The Labute approximate surface area is 129 Å². The van der Waals surface area contributed by atoms with Gasteiger partial charge in [-0.3, -0.25) is 0 Å². The Morgan fingerprint density at radius 2 is 1.77 bits per heavy atom. The first kappa shape index (κ1) is 16.6. The molecule has 0 unspecified atom stereocenters. The molecule has 0 saturated heterocycles. The van der Waals surface area contributed by atoms with Gasteiger partial charge in [0.25, 0.3) is 0 Å². The van der Waals surface area contributed by atoms with Crippen LogP contribution in [0.2, 0.25) is 0 Å². The average Bonchev–Trinajstić information content (AvgIpc) is 2.87. The van der Waals surface area contributed by atoms with E-state index in [1.165, 1.54) is 6.07 Å². The molecule has 2 rings (SSSR count). The number of nitrogens with zero attached hydrogens (tertiary/aromatic N) is 2. The number of anilines is 1. The second-order valence-corrected chi connectivity index (χ2v) is 5.14. The van der Waals surface area contributed by atoms with Gasteiger partial charge in [0, 0.05) is 5.69 Å². The molecule has 0 bridgehead atoms. The molecular weight excluding hydrogens is 352 g/mol. The summed E-state index contributed by atoms with van der Waals surface area (Å²) in [5, 5.41) is 5.27. The molecule has 0 amide bonds. The summed E-state index contributed by atoms with van der Waals surface area (Å²) in [5.74, 6) is 0. The van der Waals surface area contributed by atoms with Gasteiger partial charge in [0.15, 0.2) is 5.69 Å². The molecule has 2 aromatic rings. The monoisotopic (exact) mass is 357 g/mol. The van der Waals surface area contributed by atoms with E-state index in [0.29, 0.717) is 11.5 Å². The molecule has 0 aliphatic rings. The van der Waals surface area contributed by atoms with Gasteiger partial charge in [-0.05, 0) is 29.7 Å². The van der Waals surface area contributed by atoms with Crippen molar-refractivity contribution in [2.24, 2.45) is 0 Å². The number of hydrogen-bond acceptors (Lipinski definition) is 4. The summed E-state index contributed by atoms with van der Waals surface area (Å²) in [6.07, 6.45) is -9.32. The molecule has 0 aliphatic carbocycles. The lowest BCUT2D eigenvalue weighted by molar-refractivity contribution is -0.141. The minimum Gasteiger partial charge on any atom is -0.345 e. The summed E-state index contributed by atoms with van der Waals surface area (Å²) >= 11 is 5.19. The van der Waals surface area contributed by atoms with Gasteiger partial charge in [0.1, 0.15) is 9.87 Å². The summed E-state index contributed by atoms with van der Waals surface area (Å²) in [5.41, 5.74) is -2.30. The first-order valence-electron chi connectivity index (χ1n) is 5.47. The second kappa shape index (κ2) is 5.80. The quantitative estimate of drug-likeness (QED) is 0.640. The van der Waals surface area contributed by atoms with Crippen LogP contribution in [-0.4, -0.2) is 14.6 Å². The molecule has 0 radical (unpaired) electrons. The van der Waals surface area contributed by atoms with Crippen molar-refractivity contribution < 1.29 is 26.3 Å². The van der Waals surface area contributed by atoms with E-state index in [2.05, 4.69) is 14.9 Å². The van der Waals surface area contributed by atoms with Gasteiger partial charge in [-0.1, -0.05) is 22.8 Å². The normalized spacial score (nSPS) is 12.3. The van der Waals surface area contributed by atoms with Crippen LogP contribution in [0.15, 0.2) is 24.3 Å². The van der Waals surface area contributed by atoms with Gasteiger partial charge >= 0.3 is 12.4 Å². The molecule has 11 heteroatoms. The molecule has 0 saturated carbocycles. The Bertz CT molecular complexity index is 692. The van der Waals surface area contributed by atoms with Crippen molar-refractivity contribution in [3.8, 4) is 0 Å². The number of thiocarbonyl (C=S) groups is 1. The van der Waals surface area contributed by atoms with Gasteiger partial charge in [0.2, 0.25) is 0 Å². The number of hydrogen-bond donors (Lipinski definition) is 1. The Morgan fingerprint density at radius 1 is 1.09 bits per heavy atom. The minimum absolute atomic E-state index is 0.0821. The standard InChI is InChI=1S/C11H5F6N3S2/c12-10(13,14)5-2-1-3-6(4-5)18-9(21)7-8(11(15,16)17)19-20-22-7/h1-4H,(H,18,21). The van der Waals surface area contributed by atoms with E-state index in [1.54, 1.807) is 0 Å². The van der Waals surface area contributed by atoms with Crippen LogP contribution < -0.4 is 5.32 Å². The van der Waals surface area contributed by atoms with Crippen molar-refractivity contribution in [3.05, 3.63) is 40.4 Å². The molecule has 1 aromatic heterocycles. The molecule has 0 fully saturated rings. The Hall–Kier alpha value is -1.75. The van der Waals surface area contributed by atoms with E-state index in [0.717, 1.165) is 18.2 Å². The first-order valence-corrected chi connectivity index (χ1v) is 6.65. The lowest BCUT2D eigenvalue weighted by Gasteiger charge is -2.11. The van der Waals surface area contributed by atoms with Crippen molar-refractivity contribution >= 4 is 34.4 Å². The summed E-state index contributed by atoms with van der Waals surface area (Å²) in [6.45, 7) is 0. The van der Waals surface area contributed by atoms with Crippen molar-refractivity contribution in [2.45, 2.75) is 12.4 Å². The number of alkyl halides is 6. The zero-order chi connectivity index (χ0) is 16.5. The summed E-state index contributed by atoms with van der Waals surface area (Å²) < 4.78 is 78.9. The fourth-order valence-electron chi connectivity index (χ4n) is 1.49. The van der Waals surface area contributed by atoms with E-state index in [4.69, 9.17) is 12.2 Å². The van der Waals surface area contributed by atoms with Crippen LogP contribution in [0.5, 0.6) is 0 Å². The van der Waals surface area contributed by atoms with Gasteiger partial charge in [-0.25, -0.2) is 0 Å². The maximum absolute atomic E-state index is 12.7. The highest BCUT2D eigenvalue weighted by molar-refractivity contribution is 7.81. The fraction of sp³-hybridized carbons (Fsp3) is 0.182. The molecular formula is C11H5F6N3S2.